The van der Waals surface area contributed by atoms with Crippen molar-refractivity contribution < 1.29 is 9.47 Å². The molecule has 6 rings (SSSR count). The van der Waals surface area contributed by atoms with Crippen LogP contribution in [-0.2, 0) is 20.3 Å². The van der Waals surface area contributed by atoms with Gasteiger partial charge in [0.15, 0.2) is 0 Å². The van der Waals surface area contributed by atoms with Gasteiger partial charge in [-0.1, -0.05) is 78.9 Å². The highest BCUT2D eigenvalue weighted by atomic mass is 16.5. The number of nitrogens with one attached hydrogen (secondary N) is 1. The van der Waals surface area contributed by atoms with Gasteiger partial charge >= 0.3 is 0 Å². The van der Waals surface area contributed by atoms with Crippen molar-refractivity contribution in [2.24, 2.45) is 7.05 Å². The Balaban J connectivity index is 1.38. The highest BCUT2D eigenvalue weighted by Crippen LogP contribution is 2.38. The molecule has 1 N–H and O–H groups in total. The summed E-state index contributed by atoms with van der Waals surface area (Å²) in [6.45, 7) is 2.90. The monoisotopic (exact) mass is 490 g/mol. The number of rotatable bonds is 8. The first-order valence-corrected chi connectivity index (χ1v) is 12.8. The van der Waals surface area contributed by atoms with Crippen LogP contribution in [0, 0.1) is 0 Å². The molecule has 37 heavy (non-hydrogen) atoms. The molecule has 186 valence electrons. The Morgan fingerprint density at radius 2 is 1.57 bits per heavy atom. The van der Waals surface area contributed by atoms with Crippen LogP contribution < -0.4 is 14.8 Å². The van der Waals surface area contributed by atoms with Crippen molar-refractivity contribution >= 4 is 10.9 Å². The summed E-state index contributed by atoms with van der Waals surface area (Å²) >= 11 is 0. The number of benzene rings is 3. The normalized spacial score (nSPS) is 15.2. The van der Waals surface area contributed by atoms with E-state index in [1.54, 1.807) is 0 Å². The topological polar surface area (TPSA) is 61.2 Å². The fourth-order valence-corrected chi connectivity index (χ4v) is 5.07. The lowest BCUT2D eigenvalue weighted by atomic mass is 9.95. The number of fused-ring (bicyclic) bond motifs is 1. The minimum absolute atomic E-state index is 0.409. The highest BCUT2D eigenvalue weighted by molar-refractivity contribution is 5.96. The number of nitrogens with zero attached hydrogens (tertiary/aromatic N) is 3. The minimum Gasteiger partial charge on any atom is -0.473 e. The fraction of sp³-hybridized carbons (Fsp3) is 0.226. The molecule has 6 nitrogen and oxygen atoms in total. The van der Waals surface area contributed by atoms with Gasteiger partial charge in [-0.2, -0.15) is 10.1 Å². The summed E-state index contributed by atoms with van der Waals surface area (Å²) in [6.07, 6.45) is 1.14. The number of aromatic nitrogens is 3. The lowest BCUT2D eigenvalue weighted by molar-refractivity contribution is 0.268. The molecule has 3 aromatic carbocycles. The summed E-state index contributed by atoms with van der Waals surface area (Å²) < 4.78 is 14.3. The quantitative estimate of drug-likeness (QED) is 0.295. The second-order valence-corrected chi connectivity index (χ2v) is 9.46. The third kappa shape index (κ3) is 4.93. The summed E-state index contributed by atoms with van der Waals surface area (Å²) in [7, 11) is 2.02. The Morgan fingerprint density at radius 3 is 2.27 bits per heavy atom. The zero-order valence-corrected chi connectivity index (χ0v) is 20.9. The van der Waals surface area contributed by atoms with E-state index in [1.807, 2.05) is 84.5 Å². The summed E-state index contributed by atoms with van der Waals surface area (Å²) in [5, 5.41) is 9.57. The fourth-order valence-electron chi connectivity index (χ4n) is 5.07. The van der Waals surface area contributed by atoms with E-state index in [0.717, 1.165) is 47.3 Å². The first-order valence-electron chi connectivity index (χ1n) is 12.8. The van der Waals surface area contributed by atoms with E-state index in [1.165, 1.54) is 11.1 Å². The molecule has 0 radical (unpaired) electrons. The van der Waals surface area contributed by atoms with Gasteiger partial charge in [0, 0.05) is 25.0 Å². The molecular formula is C31H30N4O2. The molecule has 2 aromatic heterocycles. The maximum atomic E-state index is 6.31. The molecule has 0 amide bonds. The molecule has 0 unspecified atom stereocenters. The Labute approximate surface area is 216 Å². The van der Waals surface area contributed by atoms with Gasteiger partial charge in [-0.15, -0.1) is 0 Å². The second-order valence-electron chi connectivity index (χ2n) is 9.46. The summed E-state index contributed by atoms with van der Waals surface area (Å²) in [5.41, 5.74) is 6.40. The number of para-hydroxylation sites is 1. The predicted octanol–water partition coefficient (Wildman–Crippen LogP) is 5.87. The molecule has 3 heterocycles. The van der Waals surface area contributed by atoms with Crippen LogP contribution in [0.25, 0.3) is 22.2 Å². The van der Waals surface area contributed by atoms with Crippen LogP contribution in [0.4, 0.5) is 0 Å². The number of ether oxygens (including phenoxy) is 2. The van der Waals surface area contributed by atoms with Gasteiger partial charge in [-0.3, -0.25) is 4.68 Å². The van der Waals surface area contributed by atoms with Crippen LogP contribution in [0.3, 0.4) is 0 Å². The Hall–Kier alpha value is -4.16. The van der Waals surface area contributed by atoms with E-state index in [9.17, 15) is 0 Å². The summed E-state index contributed by atoms with van der Waals surface area (Å²) in [5.74, 6) is 1.53. The Morgan fingerprint density at radius 1 is 0.838 bits per heavy atom. The van der Waals surface area contributed by atoms with E-state index >= 15 is 0 Å². The summed E-state index contributed by atoms with van der Waals surface area (Å²) in [6, 6.07) is 30.6. The Bertz CT molecular complexity index is 1490. The molecule has 1 aliphatic heterocycles. The molecule has 0 aliphatic carbocycles. The average molecular weight is 491 g/mol. The lowest BCUT2D eigenvalue weighted by Gasteiger charge is -2.13. The molecule has 0 saturated carbocycles. The van der Waals surface area contributed by atoms with Crippen LogP contribution in [0.1, 0.15) is 29.0 Å². The first-order chi connectivity index (χ1) is 18.3. The summed E-state index contributed by atoms with van der Waals surface area (Å²) in [4.78, 5) is 4.79. The zero-order valence-electron chi connectivity index (χ0n) is 20.9. The third-order valence-electron chi connectivity index (χ3n) is 6.93. The highest BCUT2D eigenvalue weighted by Gasteiger charge is 2.24. The number of hydrogen-bond acceptors (Lipinski definition) is 5. The number of hydrogen-bond donors (Lipinski definition) is 1. The second kappa shape index (κ2) is 10.4. The van der Waals surface area contributed by atoms with Gasteiger partial charge in [0.25, 0.3) is 0 Å². The smallest absolute Gasteiger partial charge is 0.226 e. The third-order valence-corrected chi connectivity index (χ3v) is 6.93. The van der Waals surface area contributed by atoms with Crippen LogP contribution in [0.5, 0.6) is 11.8 Å². The molecule has 0 bridgehead atoms. The molecule has 1 fully saturated rings. The largest absolute Gasteiger partial charge is 0.473 e. The molecule has 1 aliphatic rings. The predicted molar refractivity (Wildman–Crippen MR) is 146 cm³/mol. The Kier molecular flexibility index (Phi) is 6.57. The lowest BCUT2D eigenvalue weighted by Crippen LogP contribution is -2.08. The SMILES string of the molecule is Cn1nc(-c2ccc(OCc3ccccc3)nc2OCc2ccccc2)c2cccc([C@H]3CCNC3)c21. The maximum absolute atomic E-state index is 6.31. The standard InChI is InChI=1S/C31H30N4O2/c1-35-30-25(24-17-18-32-19-24)13-8-14-26(30)29(34-35)27-15-16-28(36-20-22-9-4-2-5-10-22)33-31(27)37-21-23-11-6-3-7-12-23/h2-16,24,32H,17-21H2,1H3/t24-/m0/s1. The van der Waals surface area contributed by atoms with E-state index in [4.69, 9.17) is 19.6 Å². The van der Waals surface area contributed by atoms with E-state index < -0.39 is 0 Å². The molecule has 6 heteroatoms. The zero-order chi connectivity index (χ0) is 25.0. The van der Waals surface area contributed by atoms with Crippen LogP contribution in [0.15, 0.2) is 91.0 Å². The van der Waals surface area contributed by atoms with Crippen molar-refractivity contribution in [2.45, 2.75) is 25.6 Å². The van der Waals surface area contributed by atoms with Crippen LogP contribution in [0.2, 0.25) is 0 Å². The van der Waals surface area contributed by atoms with Crippen molar-refractivity contribution in [3.05, 3.63) is 108 Å². The molecule has 1 atom stereocenters. The van der Waals surface area contributed by atoms with Gasteiger partial charge in [-0.05, 0) is 41.6 Å². The van der Waals surface area contributed by atoms with E-state index in [0.29, 0.717) is 30.9 Å². The number of aryl methyl sites for hydroxylation is 1. The maximum Gasteiger partial charge on any atom is 0.226 e. The van der Waals surface area contributed by atoms with Crippen molar-refractivity contribution in [3.63, 3.8) is 0 Å². The van der Waals surface area contributed by atoms with Crippen molar-refractivity contribution in [3.8, 4) is 23.0 Å². The van der Waals surface area contributed by atoms with E-state index in [2.05, 4.69) is 23.5 Å². The molecule has 5 aromatic rings. The first kappa shape index (κ1) is 23.3. The van der Waals surface area contributed by atoms with Gasteiger partial charge in [0.05, 0.1) is 11.1 Å². The average Bonchev–Trinajstić information content (AvgIpc) is 3.61. The van der Waals surface area contributed by atoms with Crippen molar-refractivity contribution in [2.75, 3.05) is 13.1 Å². The van der Waals surface area contributed by atoms with Gasteiger partial charge in [-0.25, -0.2) is 0 Å². The van der Waals surface area contributed by atoms with Crippen LogP contribution in [-0.4, -0.2) is 27.9 Å². The van der Waals surface area contributed by atoms with Gasteiger partial charge < -0.3 is 14.8 Å². The molecule has 0 spiro atoms. The minimum atomic E-state index is 0.409. The van der Waals surface area contributed by atoms with Crippen molar-refractivity contribution in [1.82, 2.24) is 20.1 Å². The van der Waals surface area contributed by atoms with Crippen LogP contribution >= 0.6 is 0 Å². The molecule has 1 saturated heterocycles. The van der Waals surface area contributed by atoms with E-state index in [-0.39, 0.29) is 0 Å². The molecular weight excluding hydrogens is 460 g/mol. The number of pyridine rings is 1. The van der Waals surface area contributed by atoms with Gasteiger partial charge in [0.1, 0.15) is 18.9 Å². The van der Waals surface area contributed by atoms with Crippen molar-refractivity contribution in [1.29, 1.82) is 0 Å². The van der Waals surface area contributed by atoms with Gasteiger partial charge in [0.2, 0.25) is 11.8 Å².